The van der Waals surface area contributed by atoms with E-state index in [1.54, 1.807) is 6.92 Å². The summed E-state index contributed by atoms with van der Waals surface area (Å²) in [4.78, 5) is 10.6. The van der Waals surface area contributed by atoms with Gasteiger partial charge in [-0.05, 0) is 13.3 Å². The second-order valence-electron chi connectivity index (χ2n) is 2.17. The minimum Gasteiger partial charge on any atom is -0.381 e. The van der Waals surface area contributed by atoms with Crippen molar-refractivity contribution in [2.75, 3.05) is 13.2 Å². The van der Waals surface area contributed by atoms with Gasteiger partial charge in [0, 0.05) is 12.5 Å². The van der Waals surface area contributed by atoms with Crippen LogP contribution in [0.15, 0.2) is 0 Å². The van der Waals surface area contributed by atoms with Gasteiger partial charge < -0.3 is 4.74 Å². The number of carbonyl (C=O) groups is 1. The number of hydrogen-bond donors (Lipinski definition) is 0. The molecular formula is C6H10O2. The third-order valence-corrected chi connectivity index (χ3v) is 1.50. The van der Waals surface area contributed by atoms with E-state index in [9.17, 15) is 4.79 Å². The van der Waals surface area contributed by atoms with E-state index in [0.29, 0.717) is 6.61 Å². The van der Waals surface area contributed by atoms with E-state index in [1.807, 2.05) is 0 Å². The minimum absolute atomic E-state index is 0.204. The van der Waals surface area contributed by atoms with Crippen molar-refractivity contribution in [1.82, 2.24) is 0 Å². The molecule has 1 saturated heterocycles. The van der Waals surface area contributed by atoms with Gasteiger partial charge in [0.25, 0.3) is 0 Å². The number of ether oxygens (including phenoxy) is 1. The summed E-state index contributed by atoms with van der Waals surface area (Å²) in [5.41, 5.74) is 0. The predicted molar refractivity (Wildman–Crippen MR) is 29.6 cm³/mol. The van der Waals surface area contributed by atoms with Crippen molar-refractivity contribution in [2.24, 2.45) is 5.92 Å². The first kappa shape index (κ1) is 5.76. The molecule has 0 amide bonds. The van der Waals surface area contributed by atoms with Crippen LogP contribution in [-0.2, 0) is 9.53 Å². The lowest BCUT2D eigenvalue weighted by molar-refractivity contribution is -0.120. The lowest BCUT2D eigenvalue weighted by Gasteiger charge is -1.97. The van der Waals surface area contributed by atoms with E-state index < -0.39 is 0 Å². The van der Waals surface area contributed by atoms with Crippen molar-refractivity contribution in [3.8, 4) is 0 Å². The van der Waals surface area contributed by atoms with Gasteiger partial charge in [0.1, 0.15) is 5.78 Å². The highest BCUT2D eigenvalue weighted by Crippen LogP contribution is 2.12. The second kappa shape index (κ2) is 2.27. The van der Waals surface area contributed by atoms with Crippen molar-refractivity contribution in [3.63, 3.8) is 0 Å². The molecule has 0 aliphatic carbocycles. The van der Waals surface area contributed by atoms with Crippen molar-refractivity contribution in [2.45, 2.75) is 13.3 Å². The topological polar surface area (TPSA) is 26.3 Å². The van der Waals surface area contributed by atoms with Crippen molar-refractivity contribution in [1.29, 1.82) is 0 Å². The van der Waals surface area contributed by atoms with Gasteiger partial charge in [0.15, 0.2) is 0 Å². The number of hydrogen-bond acceptors (Lipinski definition) is 2. The molecule has 0 unspecified atom stereocenters. The monoisotopic (exact) mass is 114 g/mol. The summed E-state index contributed by atoms with van der Waals surface area (Å²) in [5, 5.41) is 0. The van der Waals surface area contributed by atoms with Gasteiger partial charge >= 0.3 is 0 Å². The molecule has 46 valence electrons. The second-order valence-corrected chi connectivity index (χ2v) is 2.17. The van der Waals surface area contributed by atoms with E-state index in [1.165, 1.54) is 0 Å². The van der Waals surface area contributed by atoms with Crippen LogP contribution in [0.3, 0.4) is 0 Å². The standard InChI is InChI=1S/C6H10O2/c1-5(7)6-2-3-8-4-6/h6H,2-4H2,1H3/t6-/m1/s1. The third kappa shape index (κ3) is 1.07. The van der Waals surface area contributed by atoms with Crippen LogP contribution >= 0.6 is 0 Å². The van der Waals surface area contributed by atoms with Gasteiger partial charge in [0.2, 0.25) is 0 Å². The summed E-state index contributed by atoms with van der Waals surface area (Å²) < 4.78 is 5.00. The molecule has 0 radical (unpaired) electrons. The molecule has 0 spiro atoms. The van der Waals surface area contributed by atoms with Crippen molar-refractivity contribution >= 4 is 5.78 Å². The van der Waals surface area contributed by atoms with Crippen LogP contribution in [-0.4, -0.2) is 19.0 Å². The molecule has 1 atom stereocenters. The van der Waals surface area contributed by atoms with Gasteiger partial charge in [-0.25, -0.2) is 0 Å². The molecule has 1 aliphatic rings. The van der Waals surface area contributed by atoms with E-state index >= 15 is 0 Å². The lowest BCUT2D eigenvalue weighted by atomic mass is 10.1. The van der Waals surface area contributed by atoms with Crippen LogP contribution in [0.25, 0.3) is 0 Å². The highest BCUT2D eigenvalue weighted by molar-refractivity contribution is 5.78. The Bertz CT molecular complexity index is 92.7. The molecule has 0 N–H and O–H groups in total. The van der Waals surface area contributed by atoms with Crippen LogP contribution in [0.2, 0.25) is 0 Å². The van der Waals surface area contributed by atoms with E-state index in [-0.39, 0.29) is 11.7 Å². The Labute approximate surface area is 48.8 Å². The van der Waals surface area contributed by atoms with E-state index in [0.717, 1.165) is 13.0 Å². The highest BCUT2D eigenvalue weighted by Gasteiger charge is 2.18. The van der Waals surface area contributed by atoms with Crippen LogP contribution in [0.1, 0.15) is 13.3 Å². The zero-order valence-corrected chi connectivity index (χ0v) is 5.02. The first-order valence-electron chi connectivity index (χ1n) is 2.89. The summed E-state index contributed by atoms with van der Waals surface area (Å²) in [5.74, 6) is 0.470. The maximum absolute atomic E-state index is 10.6. The quantitative estimate of drug-likeness (QED) is 0.499. The first-order valence-corrected chi connectivity index (χ1v) is 2.89. The average molecular weight is 114 g/mol. The van der Waals surface area contributed by atoms with Gasteiger partial charge in [0.05, 0.1) is 6.61 Å². The fourth-order valence-electron chi connectivity index (χ4n) is 0.855. The summed E-state index contributed by atoms with van der Waals surface area (Å²) in [6.07, 6.45) is 0.926. The summed E-state index contributed by atoms with van der Waals surface area (Å²) in [7, 11) is 0. The number of ketones is 1. The van der Waals surface area contributed by atoms with Gasteiger partial charge in [-0.2, -0.15) is 0 Å². The average Bonchev–Trinajstić information content (AvgIpc) is 2.12. The van der Waals surface area contributed by atoms with Gasteiger partial charge in [-0.3, -0.25) is 4.79 Å². The Balaban J connectivity index is 2.35. The Hall–Kier alpha value is -0.370. The molecule has 0 saturated carbocycles. The first-order chi connectivity index (χ1) is 3.80. The van der Waals surface area contributed by atoms with Crippen LogP contribution < -0.4 is 0 Å². The fraction of sp³-hybridized carbons (Fsp3) is 0.833. The molecule has 0 aromatic heterocycles. The molecule has 0 aromatic carbocycles. The highest BCUT2D eigenvalue weighted by atomic mass is 16.5. The van der Waals surface area contributed by atoms with E-state index in [4.69, 9.17) is 4.74 Å². The SMILES string of the molecule is CC(=O)[C@@H]1CCOC1. The number of carbonyl (C=O) groups excluding carboxylic acids is 1. The summed E-state index contributed by atoms with van der Waals surface area (Å²) in [6, 6.07) is 0. The summed E-state index contributed by atoms with van der Waals surface area (Å²) in [6.45, 7) is 3.04. The van der Waals surface area contributed by atoms with E-state index in [2.05, 4.69) is 0 Å². The normalized spacial score (nSPS) is 28.4. The van der Waals surface area contributed by atoms with Crippen molar-refractivity contribution < 1.29 is 9.53 Å². The molecule has 2 nitrogen and oxygen atoms in total. The number of rotatable bonds is 1. The Morgan fingerprint density at radius 3 is 2.75 bits per heavy atom. The van der Waals surface area contributed by atoms with Gasteiger partial charge in [-0.15, -0.1) is 0 Å². The third-order valence-electron chi connectivity index (χ3n) is 1.50. The van der Waals surface area contributed by atoms with Crippen LogP contribution in [0.4, 0.5) is 0 Å². The molecule has 1 aliphatic heterocycles. The molecule has 1 rings (SSSR count). The zero-order chi connectivity index (χ0) is 5.98. The lowest BCUT2D eigenvalue weighted by Crippen LogP contribution is -2.09. The molecular weight excluding hydrogens is 104 g/mol. The maximum Gasteiger partial charge on any atom is 0.135 e. The minimum atomic E-state index is 0.204. The fourth-order valence-corrected chi connectivity index (χ4v) is 0.855. The Kier molecular flexibility index (Phi) is 1.63. The van der Waals surface area contributed by atoms with Crippen LogP contribution in [0, 0.1) is 5.92 Å². The predicted octanol–water partition coefficient (Wildman–Crippen LogP) is 0.612. The maximum atomic E-state index is 10.6. The molecule has 8 heavy (non-hydrogen) atoms. The smallest absolute Gasteiger partial charge is 0.135 e. The Morgan fingerprint density at radius 2 is 2.50 bits per heavy atom. The molecule has 2 heteroatoms. The molecule has 1 fully saturated rings. The van der Waals surface area contributed by atoms with Crippen LogP contribution in [0.5, 0.6) is 0 Å². The molecule has 0 bridgehead atoms. The van der Waals surface area contributed by atoms with Gasteiger partial charge in [-0.1, -0.05) is 0 Å². The largest absolute Gasteiger partial charge is 0.381 e. The molecule has 0 aromatic rings. The van der Waals surface area contributed by atoms with Crippen molar-refractivity contribution in [3.05, 3.63) is 0 Å². The molecule has 1 heterocycles. The summed E-state index contributed by atoms with van der Waals surface area (Å²) >= 11 is 0. The zero-order valence-electron chi connectivity index (χ0n) is 5.02. The number of Topliss-reactive ketones (excluding diaryl/α,β-unsaturated/α-hetero) is 1. The Morgan fingerprint density at radius 1 is 1.75 bits per heavy atom.